The van der Waals surface area contributed by atoms with Gasteiger partial charge < -0.3 is 0 Å². The Morgan fingerprint density at radius 2 is 0.932 bits per heavy atom. The number of fused-ring (bicyclic) bond motifs is 3. The fourth-order valence-corrected chi connectivity index (χ4v) is 5.71. The Kier molecular flexibility index (Phi) is 6.39. The number of hydrogen-bond acceptors (Lipinski definition) is 5. The minimum Gasteiger partial charge on any atom is -0.264 e. The summed E-state index contributed by atoms with van der Waals surface area (Å²) in [5.41, 5.74) is 10.4. The zero-order valence-corrected chi connectivity index (χ0v) is 23.7. The van der Waals surface area contributed by atoms with Gasteiger partial charge in [0.25, 0.3) is 0 Å². The Balaban J connectivity index is 1.24. The summed E-state index contributed by atoms with van der Waals surface area (Å²) in [5, 5.41) is 3.41. The second-order valence-corrected chi connectivity index (χ2v) is 10.6. The van der Waals surface area contributed by atoms with Gasteiger partial charge >= 0.3 is 0 Å². The third-order valence-corrected chi connectivity index (χ3v) is 7.83. The molecule has 5 heterocycles. The number of pyridine rings is 5. The van der Waals surface area contributed by atoms with E-state index in [0.29, 0.717) is 0 Å². The van der Waals surface area contributed by atoms with E-state index in [2.05, 4.69) is 101 Å². The highest BCUT2D eigenvalue weighted by Gasteiger charge is 2.14. The van der Waals surface area contributed by atoms with Crippen molar-refractivity contribution < 1.29 is 0 Å². The second kappa shape index (κ2) is 11.0. The average molecular weight is 564 g/mol. The van der Waals surface area contributed by atoms with Gasteiger partial charge in [-0.05, 0) is 77.2 Å². The van der Waals surface area contributed by atoms with Crippen LogP contribution in [0, 0.1) is 0 Å². The molecule has 5 nitrogen and oxygen atoms in total. The summed E-state index contributed by atoms with van der Waals surface area (Å²) in [5.74, 6) is 0. The maximum atomic E-state index is 5.14. The van der Waals surface area contributed by atoms with Gasteiger partial charge in [0, 0.05) is 52.3 Å². The molecule has 0 aliphatic carbocycles. The summed E-state index contributed by atoms with van der Waals surface area (Å²) < 4.78 is 0. The summed E-state index contributed by atoms with van der Waals surface area (Å²) in [4.78, 5) is 23.8. The topological polar surface area (TPSA) is 64.5 Å². The van der Waals surface area contributed by atoms with E-state index in [1.807, 2.05) is 48.8 Å². The van der Waals surface area contributed by atoms with Gasteiger partial charge in [-0.1, -0.05) is 66.7 Å². The van der Waals surface area contributed by atoms with Crippen LogP contribution < -0.4 is 0 Å². The van der Waals surface area contributed by atoms with E-state index in [0.717, 1.165) is 72.6 Å². The molecule has 0 N–H and O–H groups in total. The molecule has 0 unspecified atom stereocenters. The van der Waals surface area contributed by atoms with Crippen molar-refractivity contribution in [3.8, 4) is 56.3 Å². The molecule has 0 fully saturated rings. The Hall–Kier alpha value is -6.07. The molecular weight excluding hydrogens is 538 g/mol. The lowest BCUT2D eigenvalue weighted by atomic mass is 9.98. The van der Waals surface area contributed by atoms with Crippen LogP contribution in [-0.4, -0.2) is 24.9 Å². The van der Waals surface area contributed by atoms with E-state index in [9.17, 15) is 0 Å². The maximum absolute atomic E-state index is 5.14. The van der Waals surface area contributed by atoms with Crippen molar-refractivity contribution >= 4 is 21.7 Å². The van der Waals surface area contributed by atoms with Gasteiger partial charge in [0.15, 0.2) is 0 Å². The summed E-state index contributed by atoms with van der Waals surface area (Å²) in [6.07, 6.45) is 7.23. The quantitative estimate of drug-likeness (QED) is 0.195. The first kappa shape index (κ1) is 25.6. The molecule has 44 heavy (non-hydrogen) atoms. The molecular formula is C39H25N5. The molecule has 5 heteroatoms. The van der Waals surface area contributed by atoms with Crippen LogP contribution >= 0.6 is 0 Å². The van der Waals surface area contributed by atoms with Gasteiger partial charge in [-0.2, -0.15) is 0 Å². The maximum Gasteiger partial charge on any atom is 0.0972 e. The van der Waals surface area contributed by atoms with Crippen LogP contribution in [0.2, 0.25) is 0 Å². The first-order chi connectivity index (χ1) is 21.8. The van der Waals surface area contributed by atoms with E-state index in [1.54, 1.807) is 12.4 Å². The van der Waals surface area contributed by atoms with E-state index in [4.69, 9.17) is 15.0 Å². The fraction of sp³-hybridized carbons (Fsp3) is 0. The van der Waals surface area contributed by atoms with Crippen LogP contribution in [0.5, 0.6) is 0 Å². The molecule has 0 amide bonds. The van der Waals surface area contributed by atoms with E-state index in [1.165, 1.54) is 5.39 Å². The van der Waals surface area contributed by atoms with Crippen LogP contribution in [0.25, 0.3) is 78.0 Å². The third kappa shape index (κ3) is 4.76. The molecule has 0 bridgehead atoms. The molecule has 8 rings (SSSR count). The van der Waals surface area contributed by atoms with Crippen molar-refractivity contribution in [1.82, 2.24) is 24.9 Å². The van der Waals surface area contributed by atoms with Gasteiger partial charge in [-0.15, -0.1) is 0 Å². The van der Waals surface area contributed by atoms with Crippen molar-refractivity contribution in [1.29, 1.82) is 0 Å². The number of para-hydroxylation sites is 1. The SMILES string of the molecule is c1cncc(-c2cc(-c3cccc(-c4cccc(-c5nc6ccccc6c6ccccc56)n4)c3)cc(-c3cccnc3)n2)c1. The summed E-state index contributed by atoms with van der Waals surface area (Å²) in [6.45, 7) is 0. The zero-order chi connectivity index (χ0) is 29.3. The average Bonchev–Trinajstić information content (AvgIpc) is 3.12. The zero-order valence-electron chi connectivity index (χ0n) is 23.7. The molecule has 0 saturated heterocycles. The predicted molar refractivity (Wildman–Crippen MR) is 178 cm³/mol. The molecule has 0 aliphatic rings. The summed E-state index contributed by atoms with van der Waals surface area (Å²) >= 11 is 0. The molecule has 0 saturated carbocycles. The Bertz CT molecular complexity index is 2220. The van der Waals surface area contributed by atoms with Crippen LogP contribution in [0.1, 0.15) is 0 Å². The van der Waals surface area contributed by atoms with Crippen molar-refractivity contribution in [2.24, 2.45) is 0 Å². The Morgan fingerprint density at radius 1 is 0.341 bits per heavy atom. The van der Waals surface area contributed by atoms with Crippen molar-refractivity contribution in [2.75, 3.05) is 0 Å². The number of rotatable bonds is 5. The molecule has 5 aromatic heterocycles. The van der Waals surface area contributed by atoms with Gasteiger partial charge in [0.1, 0.15) is 0 Å². The highest BCUT2D eigenvalue weighted by atomic mass is 14.8. The largest absolute Gasteiger partial charge is 0.264 e. The number of nitrogens with zero attached hydrogens (tertiary/aromatic N) is 5. The van der Waals surface area contributed by atoms with E-state index in [-0.39, 0.29) is 0 Å². The van der Waals surface area contributed by atoms with Gasteiger partial charge in [0.05, 0.1) is 34.0 Å². The smallest absolute Gasteiger partial charge is 0.0972 e. The van der Waals surface area contributed by atoms with E-state index >= 15 is 0 Å². The first-order valence-electron chi connectivity index (χ1n) is 14.5. The van der Waals surface area contributed by atoms with Gasteiger partial charge in [-0.3, -0.25) is 9.97 Å². The fourth-order valence-electron chi connectivity index (χ4n) is 5.71. The first-order valence-corrected chi connectivity index (χ1v) is 14.5. The highest BCUT2D eigenvalue weighted by molar-refractivity contribution is 6.10. The second-order valence-electron chi connectivity index (χ2n) is 10.6. The van der Waals surface area contributed by atoms with Crippen LogP contribution in [0.15, 0.2) is 152 Å². The number of benzene rings is 3. The molecule has 0 spiro atoms. The van der Waals surface area contributed by atoms with Gasteiger partial charge in [-0.25, -0.2) is 15.0 Å². The molecule has 206 valence electrons. The van der Waals surface area contributed by atoms with E-state index < -0.39 is 0 Å². The van der Waals surface area contributed by atoms with Crippen molar-refractivity contribution in [3.05, 3.63) is 152 Å². The Labute approximate surface area is 254 Å². The lowest BCUT2D eigenvalue weighted by molar-refractivity contribution is 1.26. The Morgan fingerprint density at radius 3 is 1.66 bits per heavy atom. The molecule has 3 aromatic carbocycles. The molecule has 0 atom stereocenters. The lowest BCUT2D eigenvalue weighted by Crippen LogP contribution is -1.94. The standard InChI is InChI=1S/C39H25N5/c1-2-15-33-31(13-1)32-14-3-4-16-35(32)44-39(33)36-18-6-17-34(42-36)27-10-5-9-26(21-27)30-22-37(28-11-7-19-40-24-28)43-38(23-30)29-12-8-20-41-25-29/h1-25H. The normalized spacial score (nSPS) is 11.2. The monoisotopic (exact) mass is 563 g/mol. The molecule has 0 radical (unpaired) electrons. The third-order valence-electron chi connectivity index (χ3n) is 7.83. The minimum atomic E-state index is 0.844. The summed E-state index contributed by atoms with van der Waals surface area (Å²) in [7, 11) is 0. The van der Waals surface area contributed by atoms with Crippen molar-refractivity contribution in [2.45, 2.75) is 0 Å². The summed E-state index contributed by atoms with van der Waals surface area (Å²) in [6, 6.07) is 43.5. The lowest BCUT2D eigenvalue weighted by Gasteiger charge is -2.12. The van der Waals surface area contributed by atoms with Crippen LogP contribution in [0.3, 0.4) is 0 Å². The van der Waals surface area contributed by atoms with Crippen molar-refractivity contribution in [3.63, 3.8) is 0 Å². The number of hydrogen-bond donors (Lipinski definition) is 0. The molecule has 0 aliphatic heterocycles. The number of aromatic nitrogens is 5. The van der Waals surface area contributed by atoms with Crippen LogP contribution in [0.4, 0.5) is 0 Å². The van der Waals surface area contributed by atoms with Gasteiger partial charge in [0.2, 0.25) is 0 Å². The highest BCUT2D eigenvalue weighted by Crippen LogP contribution is 2.34. The minimum absolute atomic E-state index is 0.844. The van der Waals surface area contributed by atoms with Crippen LogP contribution in [-0.2, 0) is 0 Å². The molecule has 8 aromatic rings. The predicted octanol–water partition coefficient (Wildman–Crippen LogP) is 9.30.